The van der Waals surface area contributed by atoms with Crippen molar-refractivity contribution in [1.82, 2.24) is 0 Å². The molecule has 0 unspecified atom stereocenters. The third kappa shape index (κ3) is 4.31. The standard InChI is InChI=1S/C12H11F4N3O.ClH/c1-11(2,18)10(20)19-7-4-3-6(5-17)8(9(7)13)12(14,15)16;/h3-4H,18H2,1-2H3,(H,19,20);1H. The van der Waals surface area contributed by atoms with E-state index in [1.54, 1.807) is 0 Å². The van der Waals surface area contributed by atoms with Gasteiger partial charge in [0, 0.05) is 0 Å². The van der Waals surface area contributed by atoms with Crippen LogP contribution in [0.5, 0.6) is 0 Å². The molecule has 21 heavy (non-hydrogen) atoms. The van der Waals surface area contributed by atoms with E-state index in [1.807, 2.05) is 5.32 Å². The number of nitrogens with one attached hydrogen (secondary N) is 1. The van der Waals surface area contributed by atoms with Crippen molar-refractivity contribution < 1.29 is 22.4 Å². The third-order valence-corrected chi connectivity index (χ3v) is 2.38. The van der Waals surface area contributed by atoms with E-state index in [2.05, 4.69) is 0 Å². The smallest absolute Gasteiger partial charge is 0.322 e. The SMILES string of the molecule is CC(C)(N)C(=O)Nc1ccc(C#N)c(C(F)(F)F)c1F.Cl. The first-order valence-electron chi connectivity index (χ1n) is 5.38. The number of carbonyl (C=O) groups excluding carboxylic acids is 1. The largest absolute Gasteiger partial charge is 0.420 e. The lowest BCUT2D eigenvalue weighted by atomic mass is 10.0. The van der Waals surface area contributed by atoms with Gasteiger partial charge in [0.2, 0.25) is 5.91 Å². The summed E-state index contributed by atoms with van der Waals surface area (Å²) in [5.74, 6) is -2.57. The molecule has 0 aliphatic carbocycles. The normalized spacial score (nSPS) is 11.3. The lowest BCUT2D eigenvalue weighted by molar-refractivity contribution is -0.140. The fourth-order valence-corrected chi connectivity index (χ4v) is 1.33. The minimum atomic E-state index is -5.05. The van der Waals surface area contributed by atoms with Gasteiger partial charge in [-0.25, -0.2) is 4.39 Å². The average Bonchev–Trinajstić information content (AvgIpc) is 2.28. The van der Waals surface area contributed by atoms with Crippen LogP contribution in [0.15, 0.2) is 12.1 Å². The number of halogens is 5. The molecule has 0 saturated heterocycles. The number of alkyl halides is 3. The molecule has 3 N–H and O–H groups in total. The number of hydrogen-bond acceptors (Lipinski definition) is 3. The highest BCUT2D eigenvalue weighted by Crippen LogP contribution is 2.36. The summed E-state index contributed by atoms with van der Waals surface area (Å²) in [6.45, 7) is 2.63. The summed E-state index contributed by atoms with van der Waals surface area (Å²) >= 11 is 0. The second-order valence-corrected chi connectivity index (χ2v) is 4.64. The predicted molar refractivity (Wildman–Crippen MR) is 70.3 cm³/mol. The zero-order valence-corrected chi connectivity index (χ0v) is 11.8. The van der Waals surface area contributed by atoms with E-state index in [0.717, 1.165) is 12.1 Å². The van der Waals surface area contributed by atoms with E-state index in [1.165, 1.54) is 19.9 Å². The van der Waals surface area contributed by atoms with Crippen molar-refractivity contribution in [2.45, 2.75) is 25.6 Å². The first kappa shape index (κ1) is 19.1. The minimum Gasteiger partial charge on any atom is -0.322 e. The van der Waals surface area contributed by atoms with Gasteiger partial charge in [0.15, 0.2) is 5.82 Å². The van der Waals surface area contributed by atoms with Crippen LogP contribution < -0.4 is 11.1 Å². The first-order valence-corrected chi connectivity index (χ1v) is 5.38. The molecule has 9 heteroatoms. The number of hydrogen-bond donors (Lipinski definition) is 2. The van der Waals surface area contributed by atoms with E-state index in [0.29, 0.717) is 0 Å². The Morgan fingerprint density at radius 1 is 1.33 bits per heavy atom. The molecule has 0 radical (unpaired) electrons. The highest BCUT2D eigenvalue weighted by Gasteiger charge is 2.38. The maximum Gasteiger partial charge on any atom is 0.420 e. The van der Waals surface area contributed by atoms with Crippen molar-refractivity contribution >= 4 is 24.0 Å². The fourth-order valence-electron chi connectivity index (χ4n) is 1.33. The zero-order valence-electron chi connectivity index (χ0n) is 11.0. The molecule has 1 aromatic carbocycles. The van der Waals surface area contributed by atoms with Crippen LogP contribution in [-0.4, -0.2) is 11.4 Å². The number of carbonyl (C=O) groups is 1. The number of amides is 1. The van der Waals surface area contributed by atoms with Crippen LogP contribution in [0.3, 0.4) is 0 Å². The first-order chi connectivity index (χ1) is 8.98. The Labute approximate surface area is 124 Å². The van der Waals surface area contributed by atoms with Gasteiger partial charge >= 0.3 is 6.18 Å². The molecular formula is C12H12ClF4N3O. The second kappa shape index (κ2) is 6.28. The van der Waals surface area contributed by atoms with E-state index >= 15 is 0 Å². The van der Waals surface area contributed by atoms with Gasteiger partial charge in [0.25, 0.3) is 0 Å². The van der Waals surface area contributed by atoms with Crippen LogP contribution in [0.4, 0.5) is 23.2 Å². The maximum absolute atomic E-state index is 13.8. The van der Waals surface area contributed by atoms with Gasteiger partial charge < -0.3 is 11.1 Å². The Kier molecular flexibility index (Phi) is 5.73. The van der Waals surface area contributed by atoms with Crippen LogP contribution in [0.25, 0.3) is 0 Å². The minimum absolute atomic E-state index is 0. The monoisotopic (exact) mass is 325 g/mol. The molecule has 4 nitrogen and oxygen atoms in total. The molecule has 1 rings (SSSR count). The molecule has 0 heterocycles. The van der Waals surface area contributed by atoms with Crippen molar-refractivity contribution in [2.24, 2.45) is 5.73 Å². The molecular weight excluding hydrogens is 314 g/mol. The fraction of sp³-hybridized carbons (Fsp3) is 0.333. The van der Waals surface area contributed by atoms with Gasteiger partial charge in [-0.2, -0.15) is 18.4 Å². The molecule has 0 spiro atoms. The van der Waals surface area contributed by atoms with Crippen LogP contribution in [0.1, 0.15) is 25.0 Å². The lowest BCUT2D eigenvalue weighted by Gasteiger charge is -2.19. The van der Waals surface area contributed by atoms with E-state index < -0.39 is 40.3 Å². The van der Waals surface area contributed by atoms with Crippen LogP contribution in [-0.2, 0) is 11.0 Å². The van der Waals surface area contributed by atoms with Gasteiger partial charge in [-0.1, -0.05) is 0 Å². The van der Waals surface area contributed by atoms with Crippen molar-refractivity contribution in [2.75, 3.05) is 5.32 Å². The molecule has 1 amide bonds. The summed E-state index contributed by atoms with van der Waals surface area (Å²) in [6.07, 6.45) is -5.05. The number of nitriles is 1. The molecule has 0 atom stereocenters. The Bertz CT molecular complexity index is 588. The summed E-state index contributed by atoms with van der Waals surface area (Å²) in [6, 6.07) is 2.92. The van der Waals surface area contributed by atoms with Crippen LogP contribution in [0.2, 0.25) is 0 Å². The number of benzene rings is 1. The number of rotatable bonds is 2. The van der Waals surface area contributed by atoms with Gasteiger partial charge in [-0.05, 0) is 26.0 Å². The van der Waals surface area contributed by atoms with Crippen molar-refractivity contribution in [3.8, 4) is 6.07 Å². The third-order valence-electron chi connectivity index (χ3n) is 2.38. The molecule has 116 valence electrons. The van der Waals surface area contributed by atoms with E-state index in [-0.39, 0.29) is 12.4 Å². The summed E-state index contributed by atoms with van der Waals surface area (Å²) in [7, 11) is 0. The average molecular weight is 326 g/mol. The molecule has 0 aromatic heterocycles. The highest BCUT2D eigenvalue weighted by molar-refractivity contribution is 5.97. The van der Waals surface area contributed by atoms with Crippen LogP contribution in [0, 0.1) is 17.1 Å². The number of nitrogens with zero attached hydrogens (tertiary/aromatic N) is 1. The summed E-state index contributed by atoms with van der Waals surface area (Å²) < 4.78 is 52.0. The molecule has 0 fully saturated rings. The van der Waals surface area contributed by atoms with Crippen molar-refractivity contribution in [1.29, 1.82) is 5.26 Å². The Hall–Kier alpha value is -1.85. The predicted octanol–water partition coefficient (Wildman–Crippen LogP) is 2.81. The molecule has 0 saturated carbocycles. The number of nitrogens with two attached hydrogens (primary N) is 1. The summed E-state index contributed by atoms with van der Waals surface area (Å²) in [4.78, 5) is 11.6. The van der Waals surface area contributed by atoms with Gasteiger partial charge in [-0.3, -0.25) is 4.79 Å². The van der Waals surface area contributed by atoms with Gasteiger partial charge in [-0.15, -0.1) is 12.4 Å². The Balaban J connectivity index is 0.00000400. The molecule has 1 aromatic rings. The van der Waals surface area contributed by atoms with Crippen molar-refractivity contribution in [3.05, 3.63) is 29.1 Å². The zero-order chi connectivity index (χ0) is 15.7. The molecule has 0 aliphatic rings. The quantitative estimate of drug-likeness (QED) is 0.821. The lowest BCUT2D eigenvalue weighted by Crippen LogP contribution is -2.45. The van der Waals surface area contributed by atoms with E-state index in [9.17, 15) is 22.4 Å². The Morgan fingerprint density at radius 3 is 2.24 bits per heavy atom. The molecule has 0 bridgehead atoms. The molecule has 0 aliphatic heterocycles. The van der Waals surface area contributed by atoms with E-state index in [4.69, 9.17) is 11.0 Å². The maximum atomic E-state index is 13.8. The van der Waals surface area contributed by atoms with Crippen molar-refractivity contribution in [3.63, 3.8) is 0 Å². The highest BCUT2D eigenvalue weighted by atomic mass is 35.5. The number of anilines is 1. The van der Waals surface area contributed by atoms with Crippen LogP contribution >= 0.6 is 12.4 Å². The summed E-state index contributed by atoms with van der Waals surface area (Å²) in [5.41, 5.74) is 0.801. The topological polar surface area (TPSA) is 78.9 Å². The van der Waals surface area contributed by atoms with Gasteiger partial charge in [0.05, 0.1) is 22.9 Å². The summed E-state index contributed by atoms with van der Waals surface area (Å²) in [5, 5.41) is 10.5. The Morgan fingerprint density at radius 2 is 1.86 bits per heavy atom. The second-order valence-electron chi connectivity index (χ2n) is 4.64. The van der Waals surface area contributed by atoms with Gasteiger partial charge in [0.1, 0.15) is 5.56 Å².